The number of nitrogens with zero attached hydrogens (tertiary/aromatic N) is 3. The summed E-state index contributed by atoms with van der Waals surface area (Å²) in [4.78, 5) is 0. The Hall–Kier alpha value is -16.1. The summed E-state index contributed by atoms with van der Waals surface area (Å²) in [6.07, 6.45) is 0. The van der Waals surface area contributed by atoms with E-state index in [4.69, 9.17) is 13.3 Å². The first kappa shape index (κ1) is 72.2. The van der Waals surface area contributed by atoms with Crippen LogP contribution in [0.4, 0.5) is 0 Å². The fourth-order valence-corrected chi connectivity index (χ4v) is 24.5. The van der Waals surface area contributed by atoms with Gasteiger partial charge in [0, 0.05) is 142 Å². The predicted molar refractivity (Wildman–Crippen MR) is 552 cm³/mol. The Morgan fingerprint density at radius 1 is 0.171 bits per heavy atom. The average molecular weight is 1700 g/mol. The maximum Gasteiger partial charge on any atom is 0.160 e. The van der Waals surface area contributed by atoms with Crippen LogP contribution in [-0.4, -0.2) is 13.7 Å². The van der Waals surface area contributed by atoms with Gasteiger partial charge < -0.3 is 27.0 Å². The smallest absolute Gasteiger partial charge is 0.160 e. The monoisotopic (exact) mass is 1700 g/mol. The highest BCUT2D eigenvalue weighted by atomic mass is 32.1. The Bertz CT molecular complexity index is 9980. The summed E-state index contributed by atoms with van der Waals surface area (Å²) in [5.74, 6) is 0. The van der Waals surface area contributed by atoms with Gasteiger partial charge in [0.05, 0.1) is 38.5 Å². The molecule has 0 saturated carbocycles. The van der Waals surface area contributed by atoms with Crippen LogP contribution in [0.5, 0.6) is 0 Å². The predicted octanol–water partition coefficient (Wildman–Crippen LogP) is 35.6. The van der Waals surface area contributed by atoms with Crippen molar-refractivity contribution in [1.82, 2.24) is 13.7 Å². The highest BCUT2D eigenvalue weighted by Crippen LogP contribution is 2.50. The molecule has 9 heterocycles. The summed E-state index contributed by atoms with van der Waals surface area (Å²) in [6.45, 7) is 0. The van der Waals surface area contributed by atoms with Crippen molar-refractivity contribution >= 4 is 258 Å². The van der Waals surface area contributed by atoms with Crippen LogP contribution in [0.15, 0.2) is 432 Å². The lowest BCUT2D eigenvalue weighted by Crippen LogP contribution is -1.94. The van der Waals surface area contributed by atoms with E-state index in [1.807, 2.05) is 52.2 Å². The summed E-state index contributed by atoms with van der Waals surface area (Å²) < 4.78 is 34.8. The van der Waals surface area contributed by atoms with Crippen molar-refractivity contribution in [1.29, 1.82) is 0 Å². The second-order valence-corrected chi connectivity index (χ2v) is 37.2. The SMILES string of the molecule is c1ccc2c(c1)ccc1c2c2ccc3c4ccccc4oc3c2n1-c1ccc(-c2ccc3sc4ccccc4c3c2)cc1.c1ccc2c(c1)oc1c2c2ccccc2c2c1c1ccccc1n2-c1ccc(-c2ccc3c(c2)sc2ccccc23)cc1.c1ccc2cc3c(cc2c1)c1cc2oc4ccccc4c2cc1n3-c1ccc(-c2cccc3sc4ccccc4c23)cc1. The highest BCUT2D eigenvalue weighted by Gasteiger charge is 2.26. The quantitative estimate of drug-likeness (QED) is 0.167. The fraction of sp³-hybridized carbons (Fsp3) is 0. The lowest BCUT2D eigenvalue weighted by Gasteiger charge is -2.12. The number of fused-ring (bicyclic) bond motifs is 35. The van der Waals surface area contributed by atoms with Crippen LogP contribution in [0.25, 0.3) is 275 Å². The molecule has 129 heavy (non-hydrogen) atoms. The average Bonchev–Trinajstić information content (AvgIpc) is 1.55. The number of rotatable bonds is 6. The summed E-state index contributed by atoms with van der Waals surface area (Å²) in [7, 11) is 0. The topological polar surface area (TPSA) is 54.2 Å². The first-order valence-corrected chi connectivity index (χ1v) is 46.2. The summed E-state index contributed by atoms with van der Waals surface area (Å²) >= 11 is 5.59. The molecule has 0 aliphatic heterocycles. The molecular formula is C120H69N3O3S3. The Morgan fingerprint density at radius 3 is 1.38 bits per heavy atom. The number of para-hydroxylation sites is 4. The van der Waals surface area contributed by atoms with Crippen LogP contribution < -0.4 is 0 Å². The van der Waals surface area contributed by atoms with Gasteiger partial charge in [0.25, 0.3) is 0 Å². The van der Waals surface area contributed by atoms with E-state index in [9.17, 15) is 0 Å². The zero-order valence-electron chi connectivity index (χ0n) is 69.1. The number of thiophene rings is 3. The molecule has 30 rings (SSSR count). The first-order chi connectivity index (χ1) is 63.9. The Kier molecular flexibility index (Phi) is 15.8. The van der Waals surface area contributed by atoms with Gasteiger partial charge in [0.2, 0.25) is 0 Å². The number of aromatic nitrogens is 3. The second kappa shape index (κ2) is 28.2. The number of furan rings is 3. The molecule has 0 N–H and O–H groups in total. The molecule has 0 aliphatic carbocycles. The molecule has 30 aromatic rings. The van der Waals surface area contributed by atoms with Crippen molar-refractivity contribution in [3.63, 3.8) is 0 Å². The lowest BCUT2D eigenvalue weighted by atomic mass is 9.99. The van der Waals surface area contributed by atoms with E-state index in [1.165, 1.54) is 192 Å². The van der Waals surface area contributed by atoms with E-state index in [1.54, 1.807) is 0 Å². The molecule has 21 aromatic carbocycles. The molecule has 9 aromatic heterocycles. The van der Waals surface area contributed by atoms with Gasteiger partial charge in [0.15, 0.2) is 5.58 Å². The van der Waals surface area contributed by atoms with Gasteiger partial charge in [-0.25, -0.2) is 0 Å². The zero-order valence-corrected chi connectivity index (χ0v) is 71.6. The fourth-order valence-electron chi connectivity index (χ4n) is 21.1. The third-order valence-electron chi connectivity index (χ3n) is 27.0. The molecule has 0 unspecified atom stereocenters. The van der Waals surface area contributed by atoms with Gasteiger partial charge in [0.1, 0.15) is 27.9 Å². The molecule has 0 radical (unpaired) electrons. The number of hydrogen-bond donors (Lipinski definition) is 0. The Balaban J connectivity index is 0.0000000976. The van der Waals surface area contributed by atoms with Crippen LogP contribution in [0.2, 0.25) is 0 Å². The van der Waals surface area contributed by atoms with Gasteiger partial charge in [-0.15, -0.1) is 34.0 Å². The molecule has 0 bridgehead atoms. The van der Waals surface area contributed by atoms with E-state index in [-0.39, 0.29) is 0 Å². The first-order valence-electron chi connectivity index (χ1n) is 43.8. The molecule has 0 aliphatic rings. The number of benzene rings is 21. The van der Waals surface area contributed by atoms with Crippen LogP contribution in [0.1, 0.15) is 0 Å². The van der Waals surface area contributed by atoms with Crippen LogP contribution in [0, 0.1) is 0 Å². The third kappa shape index (κ3) is 11.0. The third-order valence-corrected chi connectivity index (χ3v) is 30.4. The normalized spacial score (nSPS) is 12.2. The molecular weight excluding hydrogens is 1630 g/mol. The molecule has 0 saturated heterocycles. The summed E-state index contributed by atoms with van der Waals surface area (Å²) in [5.41, 5.74) is 23.4. The van der Waals surface area contributed by atoms with Gasteiger partial charge in [-0.2, -0.15) is 0 Å². The molecule has 0 amide bonds. The molecule has 600 valence electrons. The molecule has 0 fully saturated rings. The Labute approximate surface area is 748 Å². The lowest BCUT2D eigenvalue weighted by molar-refractivity contribution is 0.669. The van der Waals surface area contributed by atoms with Crippen LogP contribution in [0.3, 0.4) is 0 Å². The Morgan fingerprint density at radius 2 is 0.643 bits per heavy atom. The van der Waals surface area contributed by atoms with E-state index in [0.717, 1.165) is 83.0 Å². The minimum Gasteiger partial charge on any atom is -0.456 e. The molecule has 9 heteroatoms. The van der Waals surface area contributed by atoms with Crippen molar-refractivity contribution < 1.29 is 13.3 Å². The maximum absolute atomic E-state index is 6.65. The molecule has 0 spiro atoms. The van der Waals surface area contributed by atoms with E-state index in [0.29, 0.717) is 0 Å². The van der Waals surface area contributed by atoms with Crippen molar-refractivity contribution in [2.45, 2.75) is 0 Å². The van der Waals surface area contributed by atoms with E-state index in [2.05, 4.69) is 414 Å². The van der Waals surface area contributed by atoms with Gasteiger partial charge in [-0.05, 0) is 200 Å². The molecule has 6 nitrogen and oxygen atoms in total. The standard InChI is InChI=1S/3C40H23NOS/c1-2-11-30-29(10-1)37-32-13-4-7-15-34(32)42-40(37)38-31-12-3-6-14-33(31)41(39(30)38)26-20-17-24(18-21-26)25-19-22-28-27-9-5-8-16-35(27)43-36(28)23-25;1-2-9-26-21-34-31(20-25(26)8-1)32-23-37-33(29-10-3-5-13-36(29)42-37)22-35(32)41(34)27-18-16-24(17-19-27)28-12-7-15-39-40(28)30-11-4-6-14-38(30)43-39;1-2-8-28-25(7-1)15-21-34-38(28)32-20-19-31-29-9-3-5-11-35(29)42-40(31)39(32)41(34)27-17-13-24(14-18-27)26-16-22-37-33(23-26)30-10-4-6-12-36(30)43-37/h3*1-23H. The van der Waals surface area contributed by atoms with Crippen molar-refractivity contribution in [2.75, 3.05) is 0 Å². The second-order valence-electron chi connectivity index (χ2n) is 33.9. The van der Waals surface area contributed by atoms with Gasteiger partial charge in [-0.1, -0.05) is 279 Å². The zero-order chi connectivity index (χ0) is 84.2. The van der Waals surface area contributed by atoms with Crippen LogP contribution >= 0.6 is 34.0 Å². The van der Waals surface area contributed by atoms with Crippen molar-refractivity contribution in [3.8, 4) is 50.4 Å². The molecule has 0 atom stereocenters. The van der Waals surface area contributed by atoms with Gasteiger partial charge >= 0.3 is 0 Å². The minimum absolute atomic E-state index is 0.915. The summed E-state index contributed by atoms with van der Waals surface area (Å²) in [5, 5.41) is 29.6. The maximum atomic E-state index is 6.65. The van der Waals surface area contributed by atoms with Gasteiger partial charge in [-0.3, -0.25) is 0 Å². The van der Waals surface area contributed by atoms with E-state index >= 15 is 0 Å². The highest BCUT2D eigenvalue weighted by molar-refractivity contribution is 7.26. The van der Waals surface area contributed by atoms with Crippen molar-refractivity contribution in [2.24, 2.45) is 0 Å². The minimum atomic E-state index is 0.915. The summed E-state index contributed by atoms with van der Waals surface area (Å²) in [6, 6.07) is 152. The van der Waals surface area contributed by atoms with Crippen LogP contribution in [-0.2, 0) is 0 Å². The number of hydrogen-bond acceptors (Lipinski definition) is 6. The van der Waals surface area contributed by atoms with Crippen molar-refractivity contribution in [3.05, 3.63) is 419 Å². The van der Waals surface area contributed by atoms with E-state index < -0.39 is 0 Å². The largest absolute Gasteiger partial charge is 0.456 e.